The minimum absolute atomic E-state index is 0.451. The molecule has 2 heterocycles. The third-order valence-corrected chi connectivity index (χ3v) is 3.24. The van der Waals surface area contributed by atoms with Crippen LogP contribution in [0.5, 0.6) is 0 Å². The van der Waals surface area contributed by atoms with E-state index in [4.69, 9.17) is 5.73 Å². The summed E-state index contributed by atoms with van der Waals surface area (Å²) in [5, 5.41) is 4.21. The highest BCUT2D eigenvalue weighted by Crippen LogP contribution is 2.34. The van der Waals surface area contributed by atoms with Gasteiger partial charge in [0.25, 0.3) is 0 Å². The third kappa shape index (κ3) is 1.44. The Balaban J connectivity index is 2.27. The van der Waals surface area contributed by atoms with Crippen LogP contribution in [-0.2, 0) is 7.05 Å². The SMILES string of the molecule is CN1CCC(CN)C1c1ccnn1C. The van der Waals surface area contributed by atoms with Crippen LogP contribution in [0.1, 0.15) is 18.2 Å². The first-order valence-corrected chi connectivity index (χ1v) is 5.12. The highest BCUT2D eigenvalue weighted by atomic mass is 15.3. The van der Waals surface area contributed by atoms with Gasteiger partial charge in [0, 0.05) is 13.2 Å². The monoisotopic (exact) mass is 194 g/mol. The largest absolute Gasteiger partial charge is 0.330 e. The summed E-state index contributed by atoms with van der Waals surface area (Å²) in [7, 11) is 4.16. The second kappa shape index (κ2) is 3.71. The molecule has 0 radical (unpaired) electrons. The van der Waals surface area contributed by atoms with Gasteiger partial charge in [-0.05, 0) is 38.5 Å². The lowest BCUT2D eigenvalue weighted by Gasteiger charge is -2.24. The van der Waals surface area contributed by atoms with E-state index in [1.807, 2.05) is 17.9 Å². The first kappa shape index (κ1) is 9.68. The number of hydrogen-bond acceptors (Lipinski definition) is 3. The summed E-state index contributed by atoms with van der Waals surface area (Å²) < 4.78 is 1.95. The molecule has 1 aliphatic rings. The highest BCUT2D eigenvalue weighted by Gasteiger charge is 2.33. The van der Waals surface area contributed by atoms with Crippen LogP contribution < -0.4 is 5.73 Å². The van der Waals surface area contributed by atoms with Crippen molar-refractivity contribution in [1.29, 1.82) is 0 Å². The molecule has 2 unspecified atom stereocenters. The molecule has 0 bridgehead atoms. The molecule has 1 aliphatic heterocycles. The van der Waals surface area contributed by atoms with Gasteiger partial charge in [-0.1, -0.05) is 0 Å². The fraction of sp³-hybridized carbons (Fsp3) is 0.700. The molecule has 78 valence electrons. The fourth-order valence-corrected chi connectivity index (χ4v) is 2.41. The van der Waals surface area contributed by atoms with Crippen LogP contribution in [-0.4, -0.2) is 34.8 Å². The van der Waals surface area contributed by atoms with Crippen molar-refractivity contribution in [1.82, 2.24) is 14.7 Å². The van der Waals surface area contributed by atoms with Gasteiger partial charge in [0.1, 0.15) is 0 Å². The lowest BCUT2D eigenvalue weighted by atomic mass is 9.98. The molecular weight excluding hydrogens is 176 g/mol. The predicted octanol–water partition coefficient (Wildman–Crippen LogP) is 0.372. The lowest BCUT2D eigenvalue weighted by Crippen LogP contribution is -2.27. The van der Waals surface area contributed by atoms with Crippen LogP contribution in [0, 0.1) is 5.92 Å². The fourth-order valence-electron chi connectivity index (χ4n) is 2.41. The summed E-state index contributed by atoms with van der Waals surface area (Å²) in [6.07, 6.45) is 3.05. The maximum atomic E-state index is 5.79. The molecule has 4 heteroatoms. The van der Waals surface area contributed by atoms with Gasteiger partial charge >= 0.3 is 0 Å². The van der Waals surface area contributed by atoms with Gasteiger partial charge in [0.05, 0.1) is 11.7 Å². The Hall–Kier alpha value is -0.870. The Bertz CT molecular complexity index is 307. The molecule has 0 aromatic carbocycles. The highest BCUT2D eigenvalue weighted by molar-refractivity contribution is 5.10. The molecule has 2 rings (SSSR count). The summed E-state index contributed by atoms with van der Waals surface area (Å²) in [6.45, 7) is 1.90. The summed E-state index contributed by atoms with van der Waals surface area (Å²) in [4.78, 5) is 2.37. The maximum absolute atomic E-state index is 5.79. The Labute approximate surface area is 84.7 Å². The van der Waals surface area contributed by atoms with Crippen LogP contribution in [0.25, 0.3) is 0 Å². The molecule has 0 aliphatic carbocycles. The van der Waals surface area contributed by atoms with Gasteiger partial charge in [-0.3, -0.25) is 9.58 Å². The van der Waals surface area contributed by atoms with Crippen LogP contribution >= 0.6 is 0 Å². The van der Waals surface area contributed by atoms with E-state index < -0.39 is 0 Å². The zero-order chi connectivity index (χ0) is 10.1. The zero-order valence-corrected chi connectivity index (χ0v) is 8.85. The smallest absolute Gasteiger partial charge is 0.0555 e. The normalized spacial score (nSPS) is 28.5. The molecule has 0 amide bonds. The molecule has 1 aromatic rings. The van der Waals surface area contributed by atoms with Crippen LogP contribution in [0.15, 0.2) is 12.3 Å². The molecule has 14 heavy (non-hydrogen) atoms. The molecule has 0 saturated carbocycles. The number of aryl methyl sites for hydroxylation is 1. The van der Waals surface area contributed by atoms with Crippen molar-refractivity contribution in [2.45, 2.75) is 12.5 Å². The van der Waals surface area contributed by atoms with Gasteiger partial charge in [-0.2, -0.15) is 5.10 Å². The van der Waals surface area contributed by atoms with Crippen LogP contribution in [0.3, 0.4) is 0 Å². The van der Waals surface area contributed by atoms with E-state index in [0.29, 0.717) is 12.0 Å². The van der Waals surface area contributed by atoms with Gasteiger partial charge in [-0.15, -0.1) is 0 Å². The summed E-state index contributed by atoms with van der Waals surface area (Å²) in [6, 6.07) is 2.54. The first-order chi connectivity index (χ1) is 6.74. The van der Waals surface area contributed by atoms with E-state index in [-0.39, 0.29) is 0 Å². The Morgan fingerprint density at radius 2 is 2.36 bits per heavy atom. The van der Waals surface area contributed by atoms with Gasteiger partial charge < -0.3 is 5.73 Å². The summed E-state index contributed by atoms with van der Waals surface area (Å²) >= 11 is 0. The summed E-state index contributed by atoms with van der Waals surface area (Å²) in [5.41, 5.74) is 7.06. The standard InChI is InChI=1S/C10H18N4/c1-13-6-4-8(7-11)10(13)9-3-5-12-14(9)2/h3,5,8,10H,4,6-7,11H2,1-2H3. The number of rotatable bonds is 2. The zero-order valence-electron chi connectivity index (χ0n) is 8.85. The summed E-state index contributed by atoms with van der Waals surface area (Å²) in [5.74, 6) is 0.579. The Kier molecular flexibility index (Phi) is 2.56. The van der Waals surface area contributed by atoms with E-state index in [1.165, 1.54) is 12.1 Å². The van der Waals surface area contributed by atoms with Crippen molar-refractivity contribution < 1.29 is 0 Å². The molecule has 1 fully saturated rings. The van der Waals surface area contributed by atoms with E-state index in [2.05, 4.69) is 23.1 Å². The molecular formula is C10H18N4. The third-order valence-electron chi connectivity index (χ3n) is 3.24. The Morgan fingerprint density at radius 3 is 2.93 bits per heavy atom. The van der Waals surface area contributed by atoms with Crippen molar-refractivity contribution in [2.75, 3.05) is 20.1 Å². The maximum Gasteiger partial charge on any atom is 0.0555 e. The Morgan fingerprint density at radius 1 is 1.57 bits per heavy atom. The predicted molar refractivity (Wildman–Crippen MR) is 55.7 cm³/mol. The minimum Gasteiger partial charge on any atom is -0.330 e. The first-order valence-electron chi connectivity index (χ1n) is 5.12. The number of nitrogens with zero attached hydrogens (tertiary/aromatic N) is 3. The van der Waals surface area contributed by atoms with Crippen molar-refractivity contribution in [2.24, 2.45) is 18.7 Å². The van der Waals surface area contributed by atoms with Gasteiger partial charge in [0.2, 0.25) is 0 Å². The molecule has 4 nitrogen and oxygen atoms in total. The molecule has 0 spiro atoms. The minimum atomic E-state index is 0.451. The number of nitrogens with two attached hydrogens (primary N) is 1. The molecule has 1 aromatic heterocycles. The number of likely N-dealkylation sites (tertiary alicyclic amines) is 1. The van der Waals surface area contributed by atoms with Gasteiger partial charge in [0.15, 0.2) is 0 Å². The second-order valence-corrected chi connectivity index (χ2v) is 4.09. The van der Waals surface area contributed by atoms with Gasteiger partial charge in [-0.25, -0.2) is 0 Å². The molecule has 2 N–H and O–H groups in total. The topological polar surface area (TPSA) is 47.1 Å². The average molecular weight is 194 g/mol. The number of aromatic nitrogens is 2. The lowest BCUT2D eigenvalue weighted by molar-refractivity contribution is 0.266. The second-order valence-electron chi connectivity index (χ2n) is 4.09. The van der Waals surface area contributed by atoms with Crippen molar-refractivity contribution >= 4 is 0 Å². The average Bonchev–Trinajstić information content (AvgIpc) is 2.72. The molecule has 1 saturated heterocycles. The van der Waals surface area contributed by atoms with E-state index in [0.717, 1.165) is 13.1 Å². The van der Waals surface area contributed by atoms with Crippen molar-refractivity contribution in [3.8, 4) is 0 Å². The van der Waals surface area contributed by atoms with E-state index in [9.17, 15) is 0 Å². The van der Waals surface area contributed by atoms with Crippen molar-refractivity contribution in [3.63, 3.8) is 0 Å². The number of hydrogen-bond donors (Lipinski definition) is 1. The van der Waals surface area contributed by atoms with E-state index >= 15 is 0 Å². The van der Waals surface area contributed by atoms with E-state index in [1.54, 1.807) is 0 Å². The van der Waals surface area contributed by atoms with Crippen molar-refractivity contribution in [3.05, 3.63) is 18.0 Å². The molecule has 2 atom stereocenters. The van der Waals surface area contributed by atoms with Crippen LogP contribution in [0.2, 0.25) is 0 Å². The van der Waals surface area contributed by atoms with Crippen LogP contribution in [0.4, 0.5) is 0 Å². The quantitative estimate of drug-likeness (QED) is 0.740.